The largest absolute Gasteiger partial charge is 0.465 e. The lowest BCUT2D eigenvalue weighted by Crippen LogP contribution is -2.35. The number of sulfonamides is 1. The monoisotopic (exact) mass is 367 g/mol. The molecule has 0 amide bonds. The molecule has 7 nitrogen and oxygen atoms in total. The van der Waals surface area contributed by atoms with Crippen molar-refractivity contribution >= 4 is 27.6 Å². The fraction of sp³-hybridized carbons (Fsp3) is 0.412. The van der Waals surface area contributed by atoms with Gasteiger partial charge in [-0.1, -0.05) is 18.2 Å². The van der Waals surface area contributed by atoms with Gasteiger partial charge in [0.15, 0.2) is 0 Å². The molecule has 1 aliphatic rings. The van der Waals surface area contributed by atoms with Crippen molar-refractivity contribution in [1.29, 1.82) is 0 Å². The van der Waals surface area contributed by atoms with E-state index in [0.29, 0.717) is 19.3 Å². The molecule has 25 heavy (non-hydrogen) atoms. The minimum absolute atomic E-state index is 0.103. The molecular weight excluding hydrogens is 346 g/mol. The lowest BCUT2D eigenvalue weighted by molar-refractivity contribution is -0.138. The van der Waals surface area contributed by atoms with Gasteiger partial charge in [-0.05, 0) is 38.3 Å². The molecule has 0 heterocycles. The number of hydrogen-bond acceptors (Lipinski definition) is 6. The van der Waals surface area contributed by atoms with Gasteiger partial charge in [0.05, 0.1) is 30.5 Å². The van der Waals surface area contributed by atoms with Crippen LogP contribution < -0.4 is 4.72 Å². The Morgan fingerprint density at radius 1 is 1.24 bits per heavy atom. The zero-order chi connectivity index (χ0) is 18.4. The summed E-state index contributed by atoms with van der Waals surface area (Å²) >= 11 is 0. The number of esters is 2. The van der Waals surface area contributed by atoms with Crippen molar-refractivity contribution in [2.75, 3.05) is 18.4 Å². The molecule has 0 aromatic heterocycles. The van der Waals surface area contributed by atoms with Crippen LogP contribution in [0.2, 0.25) is 0 Å². The summed E-state index contributed by atoms with van der Waals surface area (Å²) < 4.78 is 37.7. The molecule has 1 N–H and O–H groups in total. The Balaban J connectivity index is 2.33. The number of hydrogen-bond donors (Lipinski definition) is 1. The Labute approximate surface area is 147 Å². The van der Waals surface area contributed by atoms with Crippen LogP contribution in [0, 0.1) is 0 Å². The Kier molecular flexibility index (Phi) is 6.19. The average Bonchev–Trinajstić information content (AvgIpc) is 2.61. The highest BCUT2D eigenvalue weighted by Crippen LogP contribution is 2.28. The number of rotatable bonds is 6. The zero-order valence-corrected chi connectivity index (χ0v) is 15.0. The second-order valence-electron chi connectivity index (χ2n) is 5.48. The van der Waals surface area contributed by atoms with Crippen LogP contribution in [0.25, 0.3) is 0 Å². The Morgan fingerprint density at radius 2 is 1.96 bits per heavy atom. The van der Waals surface area contributed by atoms with Crippen molar-refractivity contribution in [1.82, 2.24) is 0 Å². The van der Waals surface area contributed by atoms with E-state index in [1.807, 2.05) is 0 Å². The summed E-state index contributed by atoms with van der Waals surface area (Å²) in [6, 6.07) is 6.15. The van der Waals surface area contributed by atoms with E-state index in [0.717, 1.165) is 0 Å². The number of nitrogens with one attached hydrogen (secondary N) is 1. The summed E-state index contributed by atoms with van der Waals surface area (Å²) in [6.45, 7) is 1.83. The van der Waals surface area contributed by atoms with Crippen LogP contribution in [0.1, 0.15) is 36.5 Å². The van der Waals surface area contributed by atoms with Crippen LogP contribution in [0.3, 0.4) is 0 Å². The maximum atomic E-state index is 12.8. The highest BCUT2D eigenvalue weighted by atomic mass is 32.2. The van der Waals surface area contributed by atoms with E-state index >= 15 is 0 Å². The lowest BCUT2D eigenvalue weighted by atomic mass is 9.99. The van der Waals surface area contributed by atoms with Gasteiger partial charge in [-0.2, -0.15) is 0 Å². The molecule has 0 saturated heterocycles. The predicted molar refractivity (Wildman–Crippen MR) is 92.7 cm³/mol. The van der Waals surface area contributed by atoms with Crippen LogP contribution in [0.5, 0.6) is 0 Å². The molecule has 1 aromatic carbocycles. The number of benzene rings is 1. The summed E-state index contributed by atoms with van der Waals surface area (Å²) in [5.74, 6) is -1.28. The van der Waals surface area contributed by atoms with Crippen LogP contribution >= 0.6 is 0 Å². The number of methoxy groups -OCH3 is 1. The molecule has 0 bridgehead atoms. The number of anilines is 1. The van der Waals surface area contributed by atoms with Gasteiger partial charge in [0.2, 0.25) is 10.0 Å². The van der Waals surface area contributed by atoms with E-state index in [2.05, 4.69) is 9.46 Å². The minimum atomic E-state index is -3.94. The van der Waals surface area contributed by atoms with Crippen LogP contribution in [0.15, 0.2) is 35.9 Å². The normalized spacial score (nSPS) is 17.4. The van der Waals surface area contributed by atoms with Crippen molar-refractivity contribution < 1.29 is 27.5 Å². The molecule has 1 aromatic rings. The fourth-order valence-corrected chi connectivity index (χ4v) is 4.31. The molecule has 1 atom stereocenters. The van der Waals surface area contributed by atoms with Crippen molar-refractivity contribution in [2.24, 2.45) is 0 Å². The standard InChI is InChI=1S/C17H21NO6S/c1-3-24-17(20)13-9-5-7-11-15(13)25(21,22)18-14-10-6-4-8-12(14)16(19)23-2/h4,6,8-10,15,18H,3,5,7,11H2,1-2H3. The topological polar surface area (TPSA) is 98.8 Å². The number of para-hydroxylation sites is 1. The molecule has 1 aliphatic carbocycles. The van der Waals surface area contributed by atoms with Gasteiger partial charge in [0.25, 0.3) is 0 Å². The number of carbonyl (C=O) groups excluding carboxylic acids is 2. The summed E-state index contributed by atoms with van der Waals surface area (Å²) in [5, 5.41) is -1.02. The quantitative estimate of drug-likeness (QED) is 0.774. The van der Waals surface area contributed by atoms with Gasteiger partial charge in [-0.15, -0.1) is 0 Å². The van der Waals surface area contributed by atoms with E-state index in [1.54, 1.807) is 25.1 Å². The van der Waals surface area contributed by atoms with Gasteiger partial charge in [-0.25, -0.2) is 18.0 Å². The first-order valence-corrected chi connectivity index (χ1v) is 9.51. The first kappa shape index (κ1) is 19.0. The maximum Gasteiger partial charge on any atom is 0.339 e. The van der Waals surface area contributed by atoms with Crippen molar-refractivity contribution in [2.45, 2.75) is 31.4 Å². The van der Waals surface area contributed by atoms with E-state index in [9.17, 15) is 18.0 Å². The van der Waals surface area contributed by atoms with Crippen molar-refractivity contribution in [3.05, 3.63) is 41.5 Å². The fourth-order valence-electron chi connectivity index (χ4n) is 2.68. The first-order chi connectivity index (χ1) is 11.9. The summed E-state index contributed by atoms with van der Waals surface area (Å²) in [5.41, 5.74) is 0.352. The lowest BCUT2D eigenvalue weighted by Gasteiger charge is -2.24. The third-order valence-corrected chi connectivity index (χ3v) is 5.60. The van der Waals surface area contributed by atoms with Crippen LogP contribution in [-0.4, -0.2) is 39.3 Å². The molecule has 1 unspecified atom stereocenters. The second kappa shape index (κ2) is 8.15. The number of ether oxygens (including phenoxy) is 2. The van der Waals surface area contributed by atoms with E-state index in [1.165, 1.54) is 19.2 Å². The highest BCUT2D eigenvalue weighted by Gasteiger charge is 2.35. The summed E-state index contributed by atoms with van der Waals surface area (Å²) in [6.07, 6.45) is 3.18. The highest BCUT2D eigenvalue weighted by molar-refractivity contribution is 7.93. The van der Waals surface area contributed by atoms with Gasteiger partial charge in [-0.3, -0.25) is 4.72 Å². The summed E-state index contributed by atoms with van der Waals surface area (Å²) in [4.78, 5) is 23.9. The zero-order valence-electron chi connectivity index (χ0n) is 14.2. The molecule has 0 radical (unpaired) electrons. The number of carbonyl (C=O) groups is 2. The predicted octanol–water partition coefficient (Wildman–Crippen LogP) is 2.26. The molecule has 136 valence electrons. The van der Waals surface area contributed by atoms with Gasteiger partial charge in [0.1, 0.15) is 5.25 Å². The molecule has 0 aliphatic heterocycles. The van der Waals surface area contributed by atoms with E-state index in [4.69, 9.17) is 4.74 Å². The van der Waals surface area contributed by atoms with E-state index in [-0.39, 0.29) is 23.4 Å². The van der Waals surface area contributed by atoms with Gasteiger partial charge in [0, 0.05) is 0 Å². The first-order valence-electron chi connectivity index (χ1n) is 7.96. The molecule has 0 spiro atoms. The third-order valence-electron chi connectivity index (χ3n) is 3.85. The Bertz CT molecular complexity index is 784. The smallest absolute Gasteiger partial charge is 0.339 e. The van der Waals surface area contributed by atoms with Crippen LogP contribution in [0.4, 0.5) is 5.69 Å². The summed E-state index contributed by atoms with van der Waals surface area (Å²) in [7, 11) is -2.72. The maximum absolute atomic E-state index is 12.8. The molecule has 0 fully saturated rings. The Hall–Kier alpha value is -2.35. The molecule has 8 heteroatoms. The van der Waals surface area contributed by atoms with Crippen molar-refractivity contribution in [3.8, 4) is 0 Å². The second-order valence-corrected chi connectivity index (χ2v) is 7.35. The molecule has 0 saturated carbocycles. The third kappa shape index (κ3) is 4.39. The molecular formula is C17H21NO6S. The average molecular weight is 367 g/mol. The SMILES string of the molecule is CCOC(=O)C1=CCCCC1S(=O)(=O)Nc1ccccc1C(=O)OC. The van der Waals surface area contributed by atoms with Crippen molar-refractivity contribution in [3.63, 3.8) is 0 Å². The Morgan fingerprint density at radius 3 is 2.64 bits per heavy atom. The van der Waals surface area contributed by atoms with Gasteiger partial charge < -0.3 is 9.47 Å². The number of allylic oxidation sites excluding steroid dienone is 1. The molecule has 2 rings (SSSR count). The van der Waals surface area contributed by atoms with Gasteiger partial charge >= 0.3 is 11.9 Å². The van der Waals surface area contributed by atoms with E-state index < -0.39 is 27.2 Å². The van der Waals surface area contributed by atoms with Crippen LogP contribution in [-0.2, 0) is 24.3 Å². The minimum Gasteiger partial charge on any atom is -0.465 e.